The normalized spacial score (nSPS) is 13.8. The van der Waals surface area contributed by atoms with Crippen LogP contribution in [0.4, 0.5) is 18.0 Å². The standard InChI is InChI=1S/C17H22F3NO4/c1-3-21(15(24)25-12-13-8-5-4-6-9-13)16(2,14(22)23)10-7-11-17(18,19)20/h4-6,8-9H,3,7,10-12H2,1-2H3,(H,22,23). The molecule has 0 fully saturated rings. The highest BCUT2D eigenvalue weighted by molar-refractivity contribution is 5.84. The number of carbonyl (C=O) groups excluding carboxylic acids is 1. The first kappa shape index (κ1) is 20.8. The predicted molar refractivity (Wildman–Crippen MR) is 85.0 cm³/mol. The molecule has 0 aliphatic carbocycles. The topological polar surface area (TPSA) is 66.8 Å². The van der Waals surface area contributed by atoms with Crippen LogP contribution in [0.3, 0.4) is 0 Å². The molecule has 0 aliphatic rings. The number of aliphatic carboxylic acids is 1. The van der Waals surface area contributed by atoms with Crippen molar-refractivity contribution in [3.63, 3.8) is 0 Å². The van der Waals surface area contributed by atoms with Gasteiger partial charge in [0.2, 0.25) is 0 Å². The van der Waals surface area contributed by atoms with Gasteiger partial charge in [0, 0.05) is 13.0 Å². The quantitative estimate of drug-likeness (QED) is 0.753. The van der Waals surface area contributed by atoms with E-state index in [-0.39, 0.29) is 19.6 Å². The van der Waals surface area contributed by atoms with Crippen molar-refractivity contribution in [3.05, 3.63) is 35.9 Å². The minimum absolute atomic E-state index is 0.00242. The maximum absolute atomic E-state index is 12.3. The van der Waals surface area contributed by atoms with Crippen LogP contribution in [0, 0.1) is 0 Å². The third-order valence-corrected chi connectivity index (χ3v) is 3.92. The monoisotopic (exact) mass is 361 g/mol. The molecule has 25 heavy (non-hydrogen) atoms. The molecule has 0 spiro atoms. The van der Waals surface area contributed by atoms with Crippen LogP contribution in [-0.2, 0) is 16.1 Å². The zero-order valence-electron chi connectivity index (χ0n) is 14.2. The molecule has 1 unspecified atom stereocenters. The van der Waals surface area contributed by atoms with Crippen molar-refractivity contribution in [1.82, 2.24) is 4.90 Å². The number of likely N-dealkylation sites (N-methyl/N-ethyl adjacent to an activating group) is 1. The van der Waals surface area contributed by atoms with E-state index in [1.54, 1.807) is 37.3 Å². The number of hydrogen-bond donors (Lipinski definition) is 1. The number of ether oxygens (including phenoxy) is 1. The van der Waals surface area contributed by atoms with Gasteiger partial charge in [-0.15, -0.1) is 0 Å². The number of amides is 1. The molecule has 1 N–H and O–H groups in total. The smallest absolute Gasteiger partial charge is 0.411 e. The van der Waals surface area contributed by atoms with E-state index >= 15 is 0 Å². The van der Waals surface area contributed by atoms with E-state index in [0.717, 1.165) is 10.5 Å². The summed E-state index contributed by atoms with van der Waals surface area (Å²) in [6, 6.07) is 8.80. The Morgan fingerprint density at radius 3 is 2.24 bits per heavy atom. The molecule has 1 atom stereocenters. The molecule has 5 nitrogen and oxygen atoms in total. The number of carbonyl (C=O) groups is 2. The van der Waals surface area contributed by atoms with Crippen LogP contribution >= 0.6 is 0 Å². The van der Waals surface area contributed by atoms with Gasteiger partial charge in [0.15, 0.2) is 0 Å². The largest absolute Gasteiger partial charge is 0.480 e. The SMILES string of the molecule is CCN(C(=O)OCc1ccccc1)C(C)(CCCC(F)(F)F)C(=O)O. The van der Waals surface area contributed by atoms with Crippen molar-refractivity contribution in [2.45, 2.75) is 51.4 Å². The van der Waals surface area contributed by atoms with Crippen molar-refractivity contribution < 1.29 is 32.6 Å². The van der Waals surface area contributed by atoms with Gasteiger partial charge in [0.1, 0.15) is 12.1 Å². The van der Waals surface area contributed by atoms with Crippen LogP contribution in [0.5, 0.6) is 0 Å². The second kappa shape index (κ2) is 8.73. The van der Waals surface area contributed by atoms with Gasteiger partial charge in [-0.25, -0.2) is 9.59 Å². The van der Waals surface area contributed by atoms with E-state index in [4.69, 9.17) is 4.74 Å². The lowest BCUT2D eigenvalue weighted by Gasteiger charge is -2.36. The highest BCUT2D eigenvalue weighted by Crippen LogP contribution is 2.28. The summed E-state index contributed by atoms with van der Waals surface area (Å²) in [7, 11) is 0. The second-order valence-electron chi connectivity index (χ2n) is 5.83. The zero-order chi connectivity index (χ0) is 19.1. The first-order valence-electron chi connectivity index (χ1n) is 7.88. The van der Waals surface area contributed by atoms with Crippen LogP contribution in [-0.4, -0.2) is 40.3 Å². The van der Waals surface area contributed by atoms with Gasteiger partial charge < -0.3 is 9.84 Å². The van der Waals surface area contributed by atoms with Gasteiger partial charge in [-0.1, -0.05) is 30.3 Å². The fourth-order valence-corrected chi connectivity index (χ4v) is 2.47. The van der Waals surface area contributed by atoms with E-state index in [1.807, 2.05) is 0 Å². The summed E-state index contributed by atoms with van der Waals surface area (Å²) in [5, 5.41) is 9.47. The molecule has 1 amide bonds. The number of carboxylic acids is 1. The Labute approximate surface area is 144 Å². The van der Waals surface area contributed by atoms with Crippen LogP contribution in [0.25, 0.3) is 0 Å². The second-order valence-corrected chi connectivity index (χ2v) is 5.83. The predicted octanol–water partition coefficient (Wildman–Crippen LogP) is 4.22. The summed E-state index contributed by atoms with van der Waals surface area (Å²) in [4.78, 5) is 24.9. The molecule has 8 heteroatoms. The van der Waals surface area contributed by atoms with Crippen LogP contribution in [0.2, 0.25) is 0 Å². The molecule has 0 heterocycles. The van der Waals surface area contributed by atoms with Crippen molar-refractivity contribution in [3.8, 4) is 0 Å². The van der Waals surface area contributed by atoms with Gasteiger partial charge in [0.05, 0.1) is 0 Å². The fraction of sp³-hybridized carbons (Fsp3) is 0.529. The van der Waals surface area contributed by atoms with Crippen molar-refractivity contribution >= 4 is 12.1 Å². The van der Waals surface area contributed by atoms with Crippen molar-refractivity contribution in [1.29, 1.82) is 0 Å². The molecule has 0 saturated carbocycles. The molecular formula is C17H22F3NO4. The number of benzene rings is 1. The molecule has 140 valence electrons. The number of carboxylic acid groups (broad SMARTS) is 1. The van der Waals surface area contributed by atoms with E-state index in [0.29, 0.717) is 0 Å². The number of nitrogens with zero attached hydrogens (tertiary/aromatic N) is 1. The Hall–Kier alpha value is -2.25. The summed E-state index contributed by atoms with van der Waals surface area (Å²) >= 11 is 0. The maximum atomic E-state index is 12.3. The Balaban J connectivity index is 2.79. The van der Waals surface area contributed by atoms with E-state index in [1.165, 1.54) is 6.92 Å². The minimum Gasteiger partial charge on any atom is -0.480 e. The molecule has 0 aromatic heterocycles. The molecule has 1 aromatic carbocycles. The lowest BCUT2D eigenvalue weighted by atomic mass is 9.93. The molecule has 0 radical (unpaired) electrons. The Kier molecular flexibility index (Phi) is 7.26. The van der Waals surface area contributed by atoms with Gasteiger partial charge in [-0.2, -0.15) is 13.2 Å². The van der Waals surface area contributed by atoms with Gasteiger partial charge in [-0.05, 0) is 32.3 Å². The molecular weight excluding hydrogens is 339 g/mol. The van der Waals surface area contributed by atoms with Gasteiger partial charge >= 0.3 is 18.2 Å². The van der Waals surface area contributed by atoms with Crippen LogP contribution in [0.15, 0.2) is 30.3 Å². The summed E-state index contributed by atoms with van der Waals surface area (Å²) < 4.78 is 42.1. The minimum atomic E-state index is -4.37. The third kappa shape index (κ3) is 6.28. The Morgan fingerprint density at radius 2 is 1.76 bits per heavy atom. The summed E-state index contributed by atoms with van der Waals surface area (Å²) in [5.41, 5.74) is -1.05. The lowest BCUT2D eigenvalue weighted by molar-refractivity contribution is -0.153. The highest BCUT2D eigenvalue weighted by atomic mass is 19.4. The first-order chi connectivity index (χ1) is 11.6. The van der Waals surface area contributed by atoms with E-state index in [2.05, 4.69) is 0 Å². The molecule has 0 bridgehead atoms. The van der Waals surface area contributed by atoms with Crippen molar-refractivity contribution in [2.75, 3.05) is 6.54 Å². The van der Waals surface area contributed by atoms with E-state index < -0.39 is 36.6 Å². The molecule has 0 saturated heterocycles. The fourth-order valence-electron chi connectivity index (χ4n) is 2.47. The first-order valence-corrected chi connectivity index (χ1v) is 7.88. The summed E-state index contributed by atoms with van der Waals surface area (Å²) in [5.74, 6) is -1.37. The Bertz CT molecular complexity index is 577. The van der Waals surface area contributed by atoms with Gasteiger partial charge in [-0.3, -0.25) is 4.90 Å². The average molecular weight is 361 g/mol. The van der Waals surface area contributed by atoms with Crippen LogP contribution < -0.4 is 0 Å². The number of rotatable bonds is 8. The van der Waals surface area contributed by atoms with Crippen molar-refractivity contribution in [2.24, 2.45) is 0 Å². The van der Waals surface area contributed by atoms with Gasteiger partial charge in [0.25, 0.3) is 0 Å². The highest BCUT2D eigenvalue weighted by Gasteiger charge is 2.43. The van der Waals surface area contributed by atoms with Crippen LogP contribution in [0.1, 0.15) is 38.7 Å². The van der Waals surface area contributed by atoms with E-state index in [9.17, 15) is 27.9 Å². The third-order valence-electron chi connectivity index (χ3n) is 3.92. The zero-order valence-corrected chi connectivity index (χ0v) is 14.2. The molecule has 1 rings (SSSR count). The average Bonchev–Trinajstić information content (AvgIpc) is 2.53. The summed E-state index contributed by atoms with van der Waals surface area (Å²) in [6.07, 6.45) is -7.06. The Morgan fingerprint density at radius 1 is 1.16 bits per heavy atom. The molecule has 0 aliphatic heterocycles. The number of alkyl halides is 3. The maximum Gasteiger partial charge on any atom is 0.411 e. The summed E-state index contributed by atoms with van der Waals surface area (Å²) in [6.45, 7) is 2.74. The lowest BCUT2D eigenvalue weighted by Crippen LogP contribution is -2.55. The number of hydrogen-bond acceptors (Lipinski definition) is 3. The number of halogens is 3. The molecule has 1 aromatic rings.